The van der Waals surface area contributed by atoms with Crippen molar-refractivity contribution in [3.05, 3.63) is 56.7 Å². The van der Waals surface area contributed by atoms with Crippen molar-refractivity contribution >= 4 is 22.9 Å². The van der Waals surface area contributed by atoms with Gasteiger partial charge in [-0.1, -0.05) is 42.8 Å². The molecular formula is C16H20ClNS. The zero-order chi connectivity index (χ0) is 13.8. The van der Waals surface area contributed by atoms with E-state index in [9.17, 15) is 0 Å². The molecule has 2 unspecified atom stereocenters. The third-order valence-electron chi connectivity index (χ3n) is 3.41. The van der Waals surface area contributed by atoms with Gasteiger partial charge in [-0.2, -0.15) is 0 Å². The molecule has 1 aromatic carbocycles. The van der Waals surface area contributed by atoms with E-state index in [1.54, 1.807) is 11.3 Å². The quantitative estimate of drug-likeness (QED) is 0.781. The zero-order valence-electron chi connectivity index (χ0n) is 11.6. The molecule has 0 aliphatic carbocycles. The summed E-state index contributed by atoms with van der Waals surface area (Å²) in [6.07, 6.45) is 1.09. The second-order valence-electron chi connectivity index (χ2n) is 4.85. The second kappa shape index (κ2) is 6.56. The fraction of sp³-hybridized carbons (Fsp3) is 0.375. The lowest BCUT2D eigenvalue weighted by Crippen LogP contribution is -2.21. The normalized spacial score (nSPS) is 14.3. The monoisotopic (exact) mass is 293 g/mol. The van der Waals surface area contributed by atoms with Gasteiger partial charge in [-0.25, -0.2) is 0 Å². The van der Waals surface area contributed by atoms with Crippen molar-refractivity contribution in [3.63, 3.8) is 0 Å². The molecule has 2 rings (SSSR count). The van der Waals surface area contributed by atoms with Crippen LogP contribution in [0.1, 0.15) is 48.9 Å². The van der Waals surface area contributed by atoms with Gasteiger partial charge in [-0.3, -0.25) is 0 Å². The number of halogens is 1. The maximum absolute atomic E-state index is 5.98. The van der Waals surface area contributed by atoms with E-state index in [2.05, 4.69) is 56.4 Å². The number of thiophene rings is 1. The van der Waals surface area contributed by atoms with Crippen LogP contribution >= 0.6 is 22.9 Å². The van der Waals surface area contributed by atoms with E-state index in [-0.39, 0.29) is 0 Å². The highest BCUT2D eigenvalue weighted by molar-refractivity contribution is 7.16. The summed E-state index contributed by atoms with van der Waals surface area (Å²) in [4.78, 5) is 1.28. The maximum atomic E-state index is 5.98. The summed E-state index contributed by atoms with van der Waals surface area (Å²) in [5, 5.41) is 3.61. The molecule has 0 spiro atoms. The molecule has 0 saturated carbocycles. The summed E-state index contributed by atoms with van der Waals surface area (Å²) in [7, 11) is 0. The Balaban J connectivity index is 2.01. The van der Waals surface area contributed by atoms with Gasteiger partial charge in [-0.05, 0) is 43.5 Å². The average Bonchev–Trinajstić information content (AvgIpc) is 2.85. The van der Waals surface area contributed by atoms with Crippen LogP contribution in [0.2, 0.25) is 4.34 Å². The molecule has 0 aliphatic heterocycles. The Kier molecular flexibility index (Phi) is 5.03. The fourth-order valence-electron chi connectivity index (χ4n) is 2.16. The van der Waals surface area contributed by atoms with Gasteiger partial charge in [0, 0.05) is 17.0 Å². The Labute approximate surface area is 124 Å². The summed E-state index contributed by atoms with van der Waals surface area (Å²) < 4.78 is 0.851. The molecule has 0 amide bonds. The van der Waals surface area contributed by atoms with E-state index in [4.69, 9.17) is 11.6 Å². The van der Waals surface area contributed by atoms with Crippen LogP contribution in [-0.2, 0) is 6.42 Å². The minimum absolute atomic E-state index is 0.318. The molecule has 0 radical (unpaired) electrons. The first-order valence-electron chi connectivity index (χ1n) is 6.70. The smallest absolute Gasteiger partial charge is 0.0931 e. The molecule has 1 nitrogen and oxygen atoms in total. The minimum Gasteiger partial charge on any atom is -0.303 e. The van der Waals surface area contributed by atoms with E-state index >= 15 is 0 Å². The van der Waals surface area contributed by atoms with Gasteiger partial charge < -0.3 is 5.32 Å². The third kappa shape index (κ3) is 3.82. The number of aryl methyl sites for hydroxylation is 1. The molecule has 0 saturated heterocycles. The molecule has 3 heteroatoms. The molecule has 0 bridgehead atoms. The first-order chi connectivity index (χ1) is 9.10. The van der Waals surface area contributed by atoms with Crippen molar-refractivity contribution in [3.8, 4) is 0 Å². The first-order valence-corrected chi connectivity index (χ1v) is 7.89. The summed E-state index contributed by atoms with van der Waals surface area (Å²) >= 11 is 7.62. The first kappa shape index (κ1) is 14.6. The predicted octanol–water partition coefficient (Wildman–Crippen LogP) is 5.38. The SMILES string of the molecule is CCc1ccc(C(C)NC(C)c2ccc(Cl)s2)cc1. The highest BCUT2D eigenvalue weighted by Gasteiger charge is 2.12. The van der Waals surface area contributed by atoms with E-state index in [1.807, 2.05) is 6.07 Å². The molecule has 102 valence electrons. The molecule has 1 aromatic heterocycles. The number of nitrogens with one attached hydrogen (secondary N) is 1. The summed E-state index contributed by atoms with van der Waals surface area (Å²) in [6.45, 7) is 6.56. The largest absolute Gasteiger partial charge is 0.303 e. The molecule has 1 heterocycles. The molecule has 2 atom stereocenters. The van der Waals surface area contributed by atoms with E-state index < -0.39 is 0 Å². The lowest BCUT2D eigenvalue weighted by atomic mass is 10.0. The fourth-order valence-corrected chi connectivity index (χ4v) is 3.23. The van der Waals surface area contributed by atoms with Crippen LogP contribution in [0, 0.1) is 0 Å². The van der Waals surface area contributed by atoms with E-state index in [1.165, 1.54) is 16.0 Å². The van der Waals surface area contributed by atoms with E-state index in [0.717, 1.165) is 10.8 Å². The summed E-state index contributed by atoms with van der Waals surface area (Å²) in [5.74, 6) is 0. The van der Waals surface area contributed by atoms with Crippen LogP contribution in [0.3, 0.4) is 0 Å². The Morgan fingerprint density at radius 3 is 2.26 bits per heavy atom. The topological polar surface area (TPSA) is 12.0 Å². The van der Waals surface area contributed by atoms with Gasteiger partial charge in [-0.15, -0.1) is 11.3 Å². The molecule has 19 heavy (non-hydrogen) atoms. The Bertz CT molecular complexity index is 518. The van der Waals surface area contributed by atoms with Crippen molar-refractivity contribution in [2.75, 3.05) is 0 Å². The summed E-state index contributed by atoms with van der Waals surface area (Å²) in [6, 6.07) is 13.5. The van der Waals surface area contributed by atoms with Gasteiger partial charge in [0.25, 0.3) is 0 Å². The summed E-state index contributed by atoms with van der Waals surface area (Å²) in [5.41, 5.74) is 2.71. The van der Waals surface area contributed by atoms with Crippen molar-refractivity contribution in [1.82, 2.24) is 5.32 Å². The molecule has 1 N–H and O–H groups in total. The average molecular weight is 294 g/mol. The van der Waals surface area contributed by atoms with Crippen LogP contribution in [0.15, 0.2) is 36.4 Å². The van der Waals surface area contributed by atoms with Crippen LogP contribution in [-0.4, -0.2) is 0 Å². The maximum Gasteiger partial charge on any atom is 0.0931 e. The lowest BCUT2D eigenvalue weighted by molar-refractivity contribution is 0.500. The van der Waals surface area contributed by atoms with E-state index in [0.29, 0.717) is 12.1 Å². The predicted molar refractivity (Wildman–Crippen MR) is 85.1 cm³/mol. The third-order valence-corrected chi connectivity index (χ3v) is 4.82. The molecule has 0 aliphatic rings. The molecular weight excluding hydrogens is 274 g/mol. The highest BCUT2D eigenvalue weighted by atomic mass is 35.5. The highest BCUT2D eigenvalue weighted by Crippen LogP contribution is 2.28. The number of benzene rings is 1. The Hall–Kier alpha value is -0.830. The van der Waals surface area contributed by atoms with Crippen molar-refractivity contribution < 1.29 is 0 Å². The molecule has 2 aromatic rings. The number of hydrogen-bond acceptors (Lipinski definition) is 2. The molecule has 0 fully saturated rings. The van der Waals surface area contributed by atoms with Crippen LogP contribution in [0.4, 0.5) is 0 Å². The van der Waals surface area contributed by atoms with Gasteiger partial charge in [0.05, 0.1) is 4.34 Å². The standard InChI is InChI=1S/C16H20ClNS/c1-4-13-5-7-14(8-6-13)11(2)18-12(3)15-9-10-16(17)19-15/h5-12,18H,4H2,1-3H3. The van der Waals surface area contributed by atoms with Crippen LogP contribution in [0.5, 0.6) is 0 Å². The Morgan fingerprint density at radius 1 is 1.05 bits per heavy atom. The van der Waals surface area contributed by atoms with Crippen molar-refractivity contribution in [2.45, 2.75) is 39.3 Å². The van der Waals surface area contributed by atoms with Crippen molar-refractivity contribution in [2.24, 2.45) is 0 Å². The van der Waals surface area contributed by atoms with Crippen molar-refractivity contribution in [1.29, 1.82) is 0 Å². The lowest BCUT2D eigenvalue weighted by Gasteiger charge is -2.19. The van der Waals surface area contributed by atoms with Gasteiger partial charge in [0.1, 0.15) is 0 Å². The van der Waals surface area contributed by atoms with Gasteiger partial charge >= 0.3 is 0 Å². The second-order valence-corrected chi connectivity index (χ2v) is 6.59. The van der Waals surface area contributed by atoms with Gasteiger partial charge in [0.2, 0.25) is 0 Å². The number of rotatable bonds is 5. The minimum atomic E-state index is 0.318. The number of hydrogen-bond donors (Lipinski definition) is 1. The van der Waals surface area contributed by atoms with Crippen LogP contribution in [0.25, 0.3) is 0 Å². The van der Waals surface area contributed by atoms with Gasteiger partial charge in [0.15, 0.2) is 0 Å². The van der Waals surface area contributed by atoms with Crippen LogP contribution < -0.4 is 5.32 Å². The Morgan fingerprint density at radius 2 is 1.74 bits per heavy atom. The zero-order valence-corrected chi connectivity index (χ0v) is 13.2.